The van der Waals surface area contributed by atoms with E-state index in [-0.39, 0.29) is 5.92 Å². The molecule has 2 aromatic rings. The lowest BCUT2D eigenvalue weighted by atomic mass is 10.1. The van der Waals surface area contributed by atoms with Crippen LogP contribution in [0.25, 0.3) is 0 Å². The molecule has 1 heterocycles. The molecule has 1 aromatic carbocycles. The lowest BCUT2D eigenvalue weighted by molar-refractivity contribution is 0.850. The number of hydrogen-bond acceptors (Lipinski definition) is 3. The van der Waals surface area contributed by atoms with Crippen molar-refractivity contribution in [2.45, 2.75) is 19.8 Å². The first-order valence-corrected chi connectivity index (χ1v) is 6.85. The Labute approximate surface area is 126 Å². The number of para-hydroxylation sites is 1. The molecule has 0 aliphatic rings. The van der Waals surface area contributed by atoms with Crippen LogP contribution < -0.4 is 5.32 Å². The van der Waals surface area contributed by atoms with Gasteiger partial charge in [0.05, 0.1) is 15.7 Å². The van der Waals surface area contributed by atoms with Crippen LogP contribution in [0.1, 0.15) is 25.3 Å². The highest BCUT2D eigenvalue weighted by atomic mass is 35.5. The van der Waals surface area contributed by atoms with Crippen molar-refractivity contribution in [1.82, 2.24) is 9.97 Å². The highest BCUT2D eigenvalue weighted by Gasteiger charge is 2.15. The van der Waals surface area contributed by atoms with E-state index in [0.717, 1.165) is 5.56 Å². The minimum atomic E-state index is 0.178. The third-order valence-corrected chi connectivity index (χ3v) is 3.55. The van der Waals surface area contributed by atoms with Crippen molar-refractivity contribution in [2.24, 2.45) is 0 Å². The largest absolute Gasteiger partial charge is 0.337 e. The van der Waals surface area contributed by atoms with Crippen LogP contribution in [-0.4, -0.2) is 9.97 Å². The summed E-state index contributed by atoms with van der Waals surface area (Å²) >= 11 is 18.4. The fraction of sp³-hybridized carbons (Fsp3) is 0.231. The Morgan fingerprint density at radius 3 is 2.26 bits per heavy atom. The molecule has 0 aliphatic heterocycles. The first-order chi connectivity index (χ1) is 9.00. The van der Waals surface area contributed by atoms with Gasteiger partial charge < -0.3 is 5.32 Å². The van der Waals surface area contributed by atoms with Crippen LogP contribution in [0.4, 0.5) is 11.5 Å². The van der Waals surface area contributed by atoms with Gasteiger partial charge in [-0.15, -0.1) is 0 Å². The molecular weight excluding hydrogens is 305 g/mol. The predicted molar refractivity (Wildman–Crippen MR) is 80.9 cm³/mol. The zero-order valence-electron chi connectivity index (χ0n) is 10.4. The molecular formula is C13H12Cl3N3. The van der Waals surface area contributed by atoms with Crippen molar-refractivity contribution in [3.8, 4) is 0 Å². The van der Waals surface area contributed by atoms with Gasteiger partial charge in [-0.25, -0.2) is 9.97 Å². The summed E-state index contributed by atoms with van der Waals surface area (Å²) in [6.45, 7) is 4.04. The average molecular weight is 317 g/mol. The van der Waals surface area contributed by atoms with Crippen LogP contribution in [-0.2, 0) is 0 Å². The fourth-order valence-electron chi connectivity index (χ4n) is 1.72. The monoisotopic (exact) mass is 315 g/mol. The smallest absolute Gasteiger partial charge is 0.138 e. The Morgan fingerprint density at radius 2 is 1.68 bits per heavy atom. The quantitative estimate of drug-likeness (QED) is 0.780. The molecule has 0 spiro atoms. The maximum Gasteiger partial charge on any atom is 0.138 e. The zero-order chi connectivity index (χ0) is 14.0. The van der Waals surface area contributed by atoms with E-state index in [9.17, 15) is 0 Å². The van der Waals surface area contributed by atoms with Gasteiger partial charge in [0, 0.05) is 5.56 Å². The lowest BCUT2D eigenvalue weighted by Gasteiger charge is -2.15. The van der Waals surface area contributed by atoms with Gasteiger partial charge in [-0.3, -0.25) is 0 Å². The number of hydrogen-bond donors (Lipinski definition) is 1. The topological polar surface area (TPSA) is 37.8 Å². The van der Waals surface area contributed by atoms with Crippen molar-refractivity contribution < 1.29 is 0 Å². The Morgan fingerprint density at radius 1 is 1.05 bits per heavy atom. The van der Waals surface area contributed by atoms with E-state index in [0.29, 0.717) is 26.7 Å². The predicted octanol–water partition coefficient (Wildman–Crippen LogP) is 5.30. The van der Waals surface area contributed by atoms with Crippen molar-refractivity contribution >= 4 is 46.3 Å². The Bertz CT molecular complexity index is 579. The minimum Gasteiger partial charge on any atom is -0.337 e. The summed E-state index contributed by atoms with van der Waals surface area (Å²) in [5.74, 6) is 0.794. The number of halogens is 3. The van der Waals surface area contributed by atoms with Gasteiger partial charge in [0.15, 0.2) is 0 Å². The van der Waals surface area contributed by atoms with Crippen LogP contribution in [0, 0.1) is 0 Å². The maximum absolute atomic E-state index is 6.13. The molecule has 6 heteroatoms. The van der Waals surface area contributed by atoms with Crippen molar-refractivity contribution in [2.75, 3.05) is 5.32 Å². The molecule has 0 saturated carbocycles. The number of anilines is 2. The van der Waals surface area contributed by atoms with Gasteiger partial charge in [0.25, 0.3) is 0 Å². The fourth-order valence-corrected chi connectivity index (χ4v) is 2.56. The summed E-state index contributed by atoms with van der Waals surface area (Å²) in [4.78, 5) is 8.21. The average Bonchev–Trinajstić information content (AvgIpc) is 2.33. The normalized spacial score (nSPS) is 10.8. The van der Waals surface area contributed by atoms with E-state index in [1.54, 1.807) is 18.2 Å². The second-order valence-electron chi connectivity index (χ2n) is 4.30. The summed E-state index contributed by atoms with van der Waals surface area (Å²) in [6, 6.07) is 5.30. The van der Waals surface area contributed by atoms with Crippen LogP contribution in [0.2, 0.25) is 15.2 Å². The zero-order valence-corrected chi connectivity index (χ0v) is 12.7. The van der Waals surface area contributed by atoms with E-state index in [1.165, 1.54) is 6.33 Å². The number of benzene rings is 1. The van der Waals surface area contributed by atoms with Crippen molar-refractivity contribution in [3.63, 3.8) is 0 Å². The molecule has 100 valence electrons. The molecule has 1 N–H and O–H groups in total. The van der Waals surface area contributed by atoms with Crippen LogP contribution in [0.5, 0.6) is 0 Å². The van der Waals surface area contributed by atoms with Gasteiger partial charge in [0.2, 0.25) is 0 Å². The summed E-state index contributed by atoms with van der Waals surface area (Å²) < 4.78 is 0. The number of aromatic nitrogens is 2. The SMILES string of the molecule is CC(C)c1c(Cl)ncnc1Nc1c(Cl)cccc1Cl. The maximum atomic E-state index is 6.13. The van der Waals surface area contributed by atoms with E-state index < -0.39 is 0 Å². The summed E-state index contributed by atoms with van der Waals surface area (Å²) in [5.41, 5.74) is 1.45. The van der Waals surface area contributed by atoms with Crippen molar-refractivity contribution in [3.05, 3.63) is 45.3 Å². The second kappa shape index (κ2) is 5.95. The molecule has 0 radical (unpaired) electrons. The highest BCUT2D eigenvalue weighted by molar-refractivity contribution is 6.39. The number of nitrogens with one attached hydrogen (secondary N) is 1. The Kier molecular flexibility index (Phi) is 4.50. The number of nitrogens with zero attached hydrogens (tertiary/aromatic N) is 2. The Balaban J connectivity index is 2.47. The third kappa shape index (κ3) is 3.11. The summed E-state index contributed by atoms with van der Waals surface area (Å²) in [6.07, 6.45) is 1.40. The molecule has 1 aromatic heterocycles. The van der Waals surface area contributed by atoms with Gasteiger partial charge in [-0.1, -0.05) is 54.7 Å². The standard InChI is InChI=1S/C13H12Cl3N3/c1-7(2)10-12(16)17-6-18-13(10)19-11-8(14)4-3-5-9(11)15/h3-7H,1-2H3,(H,17,18,19). The third-order valence-electron chi connectivity index (χ3n) is 2.62. The van der Waals surface area contributed by atoms with E-state index in [1.807, 2.05) is 13.8 Å². The van der Waals surface area contributed by atoms with Crippen LogP contribution >= 0.6 is 34.8 Å². The molecule has 0 amide bonds. The molecule has 3 nitrogen and oxygen atoms in total. The van der Waals surface area contributed by atoms with Gasteiger partial charge in [-0.05, 0) is 18.1 Å². The minimum absolute atomic E-state index is 0.178. The molecule has 0 aliphatic carbocycles. The second-order valence-corrected chi connectivity index (χ2v) is 5.48. The summed E-state index contributed by atoms with van der Waals surface area (Å²) in [7, 11) is 0. The van der Waals surface area contributed by atoms with E-state index in [2.05, 4.69) is 15.3 Å². The molecule has 19 heavy (non-hydrogen) atoms. The van der Waals surface area contributed by atoms with Crippen molar-refractivity contribution in [1.29, 1.82) is 0 Å². The molecule has 0 bridgehead atoms. The molecule has 0 atom stereocenters. The molecule has 0 fully saturated rings. The van der Waals surface area contributed by atoms with E-state index in [4.69, 9.17) is 34.8 Å². The lowest BCUT2D eigenvalue weighted by Crippen LogP contribution is -2.03. The summed E-state index contributed by atoms with van der Waals surface area (Å²) in [5, 5.41) is 4.61. The first-order valence-electron chi connectivity index (χ1n) is 5.72. The van der Waals surface area contributed by atoms with E-state index >= 15 is 0 Å². The first kappa shape index (κ1) is 14.4. The number of rotatable bonds is 3. The van der Waals surface area contributed by atoms with Crippen LogP contribution in [0.3, 0.4) is 0 Å². The molecule has 0 saturated heterocycles. The van der Waals surface area contributed by atoms with Gasteiger partial charge >= 0.3 is 0 Å². The van der Waals surface area contributed by atoms with Gasteiger partial charge in [-0.2, -0.15) is 0 Å². The Hall–Kier alpha value is -1.03. The molecule has 0 unspecified atom stereocenters. The highest BCUT2D eigenvalue weighted by Crippen LogP contribution is 2.35. The van der Waals surface area contributed by atoms with Crippen LogP contribution in [0.15, 0.2) is 24.5 Å². The molecule has 2 rings (SSSR count). The van der Waals surface area contributed by atoms with Gasteiger partial charge in [0.1, 0.15) is 17.3 Å².